The van der Waals surface area contributed by atoms with Crippen LogP contribution >= 0.6 is 0 Å². The Balaban J connectivity index is 1.37. The highest BCUT2D eigenvalue weighted by atomic mass is 19.4. The number of halogens is 3. The molecule has 1 aliphatic rings. The van der Waals surface area contributed by atoms with Crippen LogP contribution in [0.5, 0.6) is 0 Å². The van der Waals surface area contributed by atoms with Crippen molar-refractivity contribution in [2.75, 3.05) is 16.0 Å². The molecule has 0 aliphatic heterocycles. The minimum absolute atomic E-state index is 0.0852. The van der Waals surface area contributed by atoms with Gasteiger partial charge in [-0.15, -0.1) is 0 Å². The quantitative estimate of drug-likeness (QED) is 0.290. The first-order chi connectivity index (χ1) is 17.7. The maximum absolute atomic E-state index is 13.0. The van der Waals surface area contributed by atoms with Crippen molar-refractivity contribution in [2.24, 2.45) is 0 Å². The molecule has 0 spiro atoms. The van der Waals surface area contributed by atoms with Gasteiger partial charge in [0.05, 0.1) is 11.3 Å². The van der Waals surface area contributed by atoms with E-state index < -0.39 is 17.6 Å². The number of anilines is 4. The van der Waals surface area contributed by atoms with E-state index in [1.807, 2.05) is 26.0 Å². The fraction of sp³-hybridized carbons (Fsp3) is 0.231. The van der Waals surface area contributed by atoms with E-state index in [1.54, 1.807) is 22.9 Å². The number of aryl methyl sites for hydroxylation is 2. The van der Waals surface area contributed by atoms with Gasteiger partial charge in [-0.3, -0.25) is 4.79 Å². The van der Waals surface area contributed by atoms with E-state index in [9.17, 15) is 18.0 Å². The van der Waals surface area contributed by atoms with Crippen molar-refractivity contribution in [3.8, 4) is 5.82 Å². The molecule has 2 aromatic carbocycles. The van der Waals surface area contributed by atoms with Crippen LogP contribution < -0.4 is 16.0 Å². The first kappa shape index (κ1) is 24.3. The summed E-state index contributed by atoms with van der Waals surface area (Å²) < 4.78 is 40.8. The zero-order valence-corrected chi connectivity index (χ0v) is 20.1. The summed E-state index contributed by atoms with van der Waals surface area (Å²) in [5.74, 6) is 1.32. The highest BCUT2D eigenvalue weighted by Gasteiger charge is 2.31. The molecular weight excluding hydrogens is 483 g/mol. The Labute approximate surface area is 211 Å². The maximum atomic E-state index is 13.0. The predicted octanol–water partition coefficient (Wildman–Crippen LogP) is 5.87. The lowest BCUT2D eigenvalue weighted by Gasteiger charge is -2.14. The fourth-order valence-electron chi connectivity index (χ4n) is 3.75. The summed E-state index contributed by atoms with van der Waals surface area (Å²) >= 11 is 0. The molecule has 4 aromatic rings. The molecule has 5 rings (SSSR count). The number of alkyl halides is 3. The van der Waals surface area contributed by atoms with Gasteiger partial charge in [0, 0.05) is 35.1 Å². The van der Waals surface area contributed by atoms with E-state index in [4.69, 9.17) is 0 Å². The number of carbonyl (C=O) groups excluding carboxylic acids is 1. The standard InChI is InChI=1S/C26H24F3N7O/c1-15-6-7-20(33-25(37)17-4-3-5-18(11-17)26(27,28)29)12-21(15)34-24-10-16(2)35-36(24)23-13-22(30-14-31-23)32-19-8-9-19/h3-7,10-14,19,34H,8-9H2,1-2H3,(H,33,37)(H,30,31,32). The number of benzene rings is 2. The summed E-state index contributed by atoms with van der Waals surface area (Å²) in [6.45, 7) is 3.77. The van der Waals surface area contributed by atoms with Gasteiger partial charge < -0.3 is 16.0 Å². The Bertz CT molecular complexity index is 1460. The van der Waals surface area contributed by atoms with Crippen molar-refractivity contribution in [3.05, 3.63) is 83.3 Å². The fourth-order valence-corrected chi connectivity index (χ4v) is 3.75. The molecule has 1 fully saturated rings. The van der Waals surface area contributed by atoms with Gasteiger partial charge in [0.1, 0.15) is 18.0 Å². The number of carbonyl (C=O) groups is 1. The number of nitrogens with zero attached hydrogens (tertiary/aromatic N) is 4. The zero-order valence-electron chi connectivity index (χ0n) is 20.1. The summed E-state index contributed by atoms with van der Waals surface area (Å²) in [6, 6.07) is 13.7. The average molecular weight is 508 g/mol. The van der Waals surface area contributed by atoms with Crippen molar-refractivity contribution in [1.29, 1.82) is 0 Å². The summed E-state index contributed by atoms with van der Waals surface area (Å²) in [6.07, 6.45) is -0.813. The smallest absolute Gasteiger partial charge is 0.367 e. The Kier molecular flexibility index (Phi) is 6.28. The normalized spacial score (nSPS) is 13.3. The number of rotatable bonds is 7. The lowest BCUT2D eigenvalue weighted by Crippen LogP contribution is -2.14. The summed E-state index contributed by atoms with van der Waals surface area (Å²) in [4.78, 5) is 21.3. The molecule has 37 heavy (non-hydrogen) atoms. The number of hydrogen-bond acceptors (Lipinski definition) is 6. The van der Waals surface area contributed by atoms with Crippen LogP contribution in [0, 0.1) is 13.8 Å². The van der Waals surface area contributed by atoms with Crippen LogP contribution in [-0.4, -0.2) is 31.7 Å². The van der Waals surface area contributed by atoms with Gasteiger partial charge in [-0.25, -0.2) is 9.97 Å². The van der Waals surface area contributed by atoms with Crippen molar-refractivity contribution in [3.63, 3.8) is 0 Å². The molecular formula is C26H24F3N7O. The highest BCUT2D eigenvalue weighted by Crippen LogP contribution is 2.31. The van der Waals surface area contributed by atoms with Crippen LogP contribution in [0.3, 0.4) is 0 Å². The number of nitrogens with one attached hydrogen (secondary N) is 3. The average Bonchev–Trinajstić information content (AvgIpc) is 3.60. The zero-order chi connectivity index (χ0) is 26.2. The number of hydrogen-bond donors (Lipinski definition) is 3. The lowest BCUT2D eigenvalue weighted by molar-refractivity contribution is -0.137. The second-order valence-corrected chi connectivity index (χ2v) is 8.95. The Hall–Kier alpha value is -4.41. The van der Waals surface area contributed by atoms with Gasteiger partial charge in [0.15, 0.2) is 5.82 Å². The van der Waals surface area contributed by atoms with Crippen LogP contribution in [0.4, 0.5) is 36.2 Å². The Morgan fingerprint density at radius 3 is 2.59 bits per heavy atom. The third-order valence-electron chi connectivity index (χ3n) is 5.84. The van der Waals surface area contributed by atoms with E-state index in [-0.39, 0.29) is 5.56 Å². The second kappa shape index (κ2) is 9.57. The van der Waals surface area contributed by atoms with Crippen LogP contribution in [0.25, 0.3) is 5.82 Å². The Morgan fingerprint density at radius 1 is 1.03 bits per heavy atom. The molecule has 0 bridgehead atoms. The van der Waals surface area contributed by atoms with Gasteiger partial charge in [0.25, 0.3) is 5.91 Å². The summed E-state index contributed by atoms with van der Waals surface area (Å²) in [5.41, 5.74) is 1.81. The first-order valence-corrected chi connectivity index (χ1v) is 11.7. The molecule has 3 N–H and O–H groups in total. The van der Waals surface area contributed by atoms with Crippen molar-refractivity contribution in [2.45, 2.75) is 38.9 Å². The minimum Gasteiger partial charge on any atom is -0.367 e. The molecule has 11 heteroatoms. The van der Waals surface area contributed by atoms with Gasteiger partial charge >= 0.3 is 6.18 Å². The predicted molar refractivity (Wildman–Crippen MR) is 134 cm³/mol. The van der Waals surface area contributed by atoms with Crippen LogP contribution in [0.2, 0.25) is 0 Å². The molecule has 1 saturated carbocycles. The van der Waals surface area contributed by atoms with Crippen LogP contribution in [-0.2, 0) is 6.18 Å². The van der Waals surface area contributed by atoms with Gasteiger partial charge in [-0.05, 0) is 62.6 Å². The van der Waals surface area contributed by atoms with E-state index in [2.05, 4.69) is 31.0 Å². The molecule has 0 saturated heterocycles. The van der Waals surface area contributed by atoms with Gasteiger partial charge in [-0.2, -0.15) is 23.0 Å². The molecule has 190 valence electrons. The third kappa shape index (κ3) is 5.71. The maximum Gasteiger partial charge on any atom is 0.416 e. The highest BCUT2D eigenvalue weighted by molar-refractivity contribution is 6.04. The van der Waals surface area contributed by atoms with E-state index in [1.165, 1.54) is 18.5 Å². The topological polar surface area (TPSA) is 96.8 Å². The van der Waals surface area contributed by atoms with Gasteiger partial charge in [-0.1, -0.05) is 12.1 Å². The molecule has 2 heterocycles. The van der Waals surface area contributed by atoms with Crippen molar-refractivity contribution >= 4 is 28.9 Å². The molecule has 1 amide bonds. The third-order valence-corrected chi connectivity index (χ3v) is 5.84. The van der Waals surface area contributed by atoms with Crippen LogP contribution in [0.1, 0.15) is 40.0 Å². The van der Waals surface area contributed by atoms with E-state index in [0.717, 1.165) is 42.0 Å². The summed E-state index contributed by atoms with van der Waals surface area (Å²) in [7, 11) is 0. The second-order valence-electron chi connectivity index (χ2n) is 8.95. The van der Waals surface area contributed by atoms with E-state index >= 15 is 0 Å². The molecule has 0 radical (unpaired) electrons. The molecule has 0 atom stereocenters. The van der Waals surface area contributed by atoms with Gasteiger partial charge in [0.2, 0.25) is 0 Å². The van der Waals surface area contributed by atoms with Crippen molar-refractivity contribution < 1.29 is 18.0 Å². The van der Waals surface area contributed by atoms with Crippen molar-refractivity contribution in [1.82, 2.24) is 19.7 Å². The molecule has 1 aliphatic carbocycles. The summed E-state index contributed by atoms with van der Waals surface area (Å²) in [5, 5.41) is 13.9. The largest absolute Gasteiger partial charge is 0.416 e. The lowest BCUT2D eigenvalue weighted by atomic mass is 10.1. The Morgan fingerprint density at radius 2 is 1.84 bits per heavy atom. The molecule has 2 aromatic heterocycles. The first-order valence-electron chi connectivity index (χ1n) is 11.7. The number of amides is 1. The molecule has 0 unspecified atom stereocenters. The monoisotopic (exact) mass is 507 g/mol. The molecule has 8 nitrogen and oxygen atoms in total. The van der Waals surface area contributed by atoms with E-state index in [0.29, 0.717) is 29.1 Å². The number of aromatic nitrogens is 4. The van der Waals surface area contributed by atoms with Crippen LogP contribution in [0.15, 0.2) is 60.9 Å². The minimum atomic E-state index is -4.53. The SMILES string of the molecule is Cc1cc(Nc2cc(NC(=O)c3cccc(C(F)(F)F)c3)ccc2C)n(-c2cc(NC3CC3)ncn2)n1.